The molecular formula is C16H17NO2. The summed E-state index contributed by atoms with van der Waals surface area (Å²) < 4.78 is 0. The summed E-state index contributed by atoms with van der Waals surface area (Å²) in [5.41, 5.74) is 2.06. The van der Waals surface area contributed by atoms with Crippen molar-refractivity contribution in [3.63, 3.8) is 0 Å². The van der Waals surface area contributed by atoms with Crippen LogP contribution in [0.15, 0.2) is 60.8 Å². The predicted octanol–water partition coefficient (Wildman–Crippen LogP) is 3.27. The maximum atomic E-state index is 12.0. The van der Waals surface area contributed by atoms with Crippen molar-refractivity contribution in [2.75, 3.05) is 0 Å². The van der Waals surface area contributed by atoms with Gasteiger partial charge in [-0.25, -0.2) is 0 Å². The number of amides is 1. The molecule has 0 fully saturated rings. The van der Waals surface area contributed by atoms with Gasteiger partial charge in [-0.1, -0.05) is 43.0 Å². The fraction of sp³-hybridized carbons (Fsp3) is 0.125. The number of hydrogen-bond donors (Lipinski definition) is 1. The molecule has 0 saturated carbocycles. The van der Waals surface area contributed by atoms with E-state index in [9.17, 15) is 9.59 Å². The van der Waals surface area contributed by atoms with Crippen molar-refractivity contribution in [2.45, 2.75) is 13.8 Å². The van der Waals surface area contributed by atoms with Crippen LogP contribution in [0.1, 0.15) is 34.6 Å². The van der Waals surface area contributed by atoms with Crippen LogP contribution >= 0.6 is 0 Å². The van der Waals surface area contributed by atoms with Gasteiger partial charge in [0.15, 0.2) is 5.78 Å². The smallest absolute Gasteiger partial charge is 0.256 e. The van der Waals surface area contributed by atoms with Gasteiger partial charge < -0.3 is 5.32 Å². The molecule has 0 unspecified atom stereocenters. The second-order valence-electron chi connectivity index (χ2n) is 4.26. The number of allylic oxidation sites excluding steroid dienone is 3. The third-order valence-corrected chi connectivity index (χ3v) is 2.39. The molecule has 0 heterocycles. The minimum Gasteiger partial charge on any atom is -0.323 e. The topological polar surface area (TPSA) is 46.2 Å². The van der Waals surface area contributed by atoms with Gasteiger partial charge in [-0.15, -0.1) is 0 Å². The highest BCUT2D eigenvalue weighted by Gasteiger charge is 2.13. The number of benzene rings is 1. The Morgan fingerprint density at radius 1 is 1.05 bits per heavy atom. The quantitative estimate of drug-likeness (QED) is 0.648. The van der Waals surface area contributed by atoms with Gasteiger partial charge in [0, 0.05) is 11.3 Å². The van der Waals surface area contributed by atoms with E-state index in [-0.39, 0.29) is 11.7 Å². The average Bonchev–Trinajstić information content (AvgIpc) is 2.36. The van der Waals surface area contributed by atoms with Crippen LogP contribution in [0.3, 0.4) is 0 Å². The number of hydrogen-bond acceptors (Lipinski definition) is 2. The van der Waals surface area contributed by atoms with Crippen LogP contribution in [0.5, 0.6) is 0 Å². The first-order valence-corrected chi connectivity index (χ1v) is 5.85. The Balaban J connectivity index is 2.88. The van der Waals surface area contributed by atoms with E-state index >= 15 is 0 Å². The van der Waals surface area contributed by atoms with Crippen molar-refractivity contribution in [3.8, 4) is 0 Å². The van der Waals surface area contributed by atoms with Gasteiger partial charge in [0.2, 0.25) is 0 Å². The molecule has 1 N–H and O–H groups in total. The van der Waals surface area contributed by atoms with E-state index in [4.69, 9.17) is 0 Å². The molecule has 98 valence electrons. The summed E-state index contributed by atoms with van der Waals surface area (Å²) >= 11 is 0. The Morgan fingerprint density at radius 2 is 1.63 bits per heavy atom. The third kappa shape index (κ3) is 4.39. The Labute approximate surface area is 113 Å². The standard InChI is InChI=1S/C16H17NO2/c1-11(2)9-10-12(3)17-16(19)15-8-6-5-7-14(15)13(4)18/h5-10H,1,3H2,2,4H3,(H,17,19)/b10-9-. The lowest BCUT2D eigenvalue weighted by molar-refractivity contribution is 0.0950. The summed E-state index contributed by atoms with van der Waals surface area (Å²) in [6.45, 7) is 10.7. The van der Waals surface area contributed by atoms with Crippen LogP contribution < -0.4 is 5.32 Å². The van der Waals surface area contributed by atoms with E-state index < -0.39 is 0 Å². The second-order valence-corrected chi connectivity index (χ2v) is 4.26. The van der Waals surface area contributed by atoms with E-state index in [2.05, 4.69) is 18.5 Å². The lowest BCUT2D eigenvalue weighted by Gasteiger charge is -2.08. The highest BCUT2D eigenvalue weighted by atomic mass is 16.2. The maximum absolute atomic E-state index is 12.0. The van der Waals surface area contributed by atoms with Crippen molar-refractivity contribution in [1.82, 2.24) is 5.32 Å². The minimum atomic E-state index is -0.345. The summed E-state index contributed by atoms with van der Waals surface area (Å²) in [5, 5.41) is 2.63. The number of ketones is 1. The zero-order valence-electron chi connectivity index (χ0n) is 11.2. The molecule has 0 saturated heterocycles. The van der Waals surface area contributed by atoms with Crippen LogP contribution in [0.2, 0.25) is 0 Å². The van der Waals surface area contributed by atoms with Gasteiger partial charge in [0.1, 0.15) is 0 Å². The number of carbonyl (C=O) groups is 2. The van der Waals surface area contributed by atoms with Crippen LogP contribution in [-0.2, 0) is 0 Å². The Bertz CT molecular complexity index is 568. The first-order chi connectivity index (χ1) is 8.91. The first-order valence-electron chi connectivity index (χ1n) is 5.85. The summed E-state index contributed by atoms with van der Waals surface area (Å²) in [4.78, 5) is 23.5. The van der Waals surface area contributed by atoms with Gasteiger partial charge in [-0.3, -0.25) is 9.59 Å². The van der Waals surface area contributed by atoms with Crippen LogP contribution in [0.25, 0.3) is 0 Å². The van der Waals surface area contributed by atoms with E-state index in [0.29, 0.717) is 16.8 Å². The van der Waals surface area contributed by atoms with E-state index in [1.165, 1.54) is 6.92 Å². The predicted molar refractivity (Wildman–Crippen MR) is 77.0 cm³/mol. The molecule has 0 spiro atoms. The van der Waals surface area contributed by atoms with Gasteiger partial charge in [0.05, 0.1) is 5.56 Å². The van der Waals surface area contributed by atoms with Gasteiger partial charge in [-0.2, -0.15) is 0 Å². The third-order valence-electron chi connectivity index (χ3n) is 2.39. The number of carbonyl (C=O) groups excluding carboxylic acids is 2. The first kappa shape index (κ1) is 14.6. The van der Waals surface area contributed by atoms with Crippen molar-refractivity contribution >= 4 is 11.7 Å². The second kappa shape index (κ2) is 6.50. The number of Topliss-reactive ketones (excluding diaryl/α,β-unsaturated/α-hetero) is 1. The fourth-order valence-electron chi connectivity index (χ4n) is 1.49. The average molecular weight is 255 g/mol. The Hall–Kier alpha value is -2.42. The summed E-state index contributed by atoms with van der Waals surface area (Å²) in [6.07, 6.45) is 3.41. The van der Waals surface area contributed by atoms with Crippen LogP contribution in [0, 0.1) is 0 Å². The SMILES string of the molecule is C=C(C)/C=C\C(=C)NC(=O)c1ccccc1C(C)=O. The molecular weight excluding hydrogens is 238 g/mol. The molecule has 0 bridgehead atoms. The van der Waals surface area contributed by atoms with Crippen molar-refractivity contribution in [3.05, 3.63) is 72.0 Å². The molecule has 1 amide bonds. The van der Waals surface area contributed by atoms with Gasteiger partial charge in [0.25, 0.3) is 5.91 Å². The van der Waals surface area contributed by atoms with Crippen LogP contribution in [-0.4, -0.2) is 11.7 Å². The van der Waals surface area contributed by atoms with Crippen LogP contribution in [0.4, 0.5) is 0 Å². The largest absolute Gasteiger partial charge is 0.323 e. The molecule has 1 rings (SSSR count). The van der Waals surface area contributed by atoms with Crippen molar-refractivity contribution < 1.29 is 9.59 Å². The lowest BCUT2D eigenvalue weighted by atomic mass is 10.0. The fourth-order valence-corrected chi connectivity index (χ4v) is 1.49. The molecule has 0 aromatic heterocycles. The summed E-state index contributed by atoms with van der Waals surface area (Å²) in [6, 6.07) is 6.68. The van der Waals surface area contributed by atoms with E-state index in [0.717, 1.165) is 5.57 Å². The summed E-state index contributed by atoms with van der Waals surface area (Å²) in [7, 11) is 0. The minimum absolute atomic E-state index is 0.145. The molecule has 3 heteroatoms. The monoisotopic (exact) mass is 255 g/mol. The highest BCUT2D eigenvalue weighted by Crippen LogP contribution is 2.10. The molecule has 0 atom stereocenters. The molecule has 19 heavy (non-hydrogen) atoms. The molecule has 0 radical (unpaired) electrons. The van der Waals surface area contributed by atoms with Crippen molar-refractivity contribution in [2.24, 2.45) is 0 Å². The Kier molecular flexibility index (Phi) is 5.01. The van der Waals surface area contributed by atoms with Gasteiger partial charge in [-0.05, 0) is 26.0 Å². The summed E-state index contributed by atoms with van der Waals surface area (Å²) in [5.74, 6) is -0.490. The highest BCUT2D eigenvalue weighted by molar-refractivity contribution is 6.07. The molecule has 0 aliphatic heterocycles. The zero-order valence-corrected chi connectivity index (χ0v) is 11.2. The van der Waals surface area contributed by atoms with Gasteiger partial charge >= 0.3 is 0 Å². The molecule has 0 aliphatic rings. The lowest BCUT2D eigenvalue weighted by Crippen LogP contribution is -2.23. The van der Waals surface area contributed by atoms with E-state index in [1.807, 2.05) is 6.92 Å². The Morgan fingerprint density at radius 3 is 2.16 bits per heavy atom. The normalized spacial score (nSPS) is 10.2. The molecule has 1 aromatic carbocycles. The molecule has 3 nitrogen and oxygen atoms in total. The number of rotatable bonds is 5. The molecule has 1 aromatic rings. The van der Waals surface area contributed by atoms with Crippen molar-refractivity contribution in [1.29, 1.82) is 0 Å². The van der Waals surface area contributed by atoms with E-state index in [1.54, 1.807) is 36.4 Å². The maximum Gasteiger partial charge on any atom is 0.256 e. The zero-order chi connectivity index (χ0) is 14.4. The number of nitrogens with one attached hydrogen (secondary N) is 1. The molecule has 0 aliphatic carbocycles.